The fourth-order valence-corrected chi connectivity index (χ4v) is 5.55. The van der Waals surface area contributed by atoms with Crippen LogP contribution in [0.4, 0.5) is 5.82 Å². The fourth-order valence-electron chi connectivity index (χ4n) is 5.55. The number of anilines is 1. The van der Waals surface area contributed by atoms with E-state index in [4.69, 9.17) is 5.73 Å². The molecule has 1 aromatic heterocycles. The van der Waals surface area contributed by atoms with Crippen molar-refractivity contribution >= 4 is 17.6 Å². The molecule has 2 fully saturated rings. The second kappa shape index (κ2) is 12.2. The first-order valence-corrected chi connectivity index (χ1v) is 12.5. The average molecular weight is 444 g/mol. The monoisotopic (exact) mass is 443 g/mol. The number of carbonyl (C=O) groups is 2. The molecule has 2 aliphatic rings. The van der Waals surface area contributed by atoms with Crippen LogP contribution in [-0.2, 0) is 16.1 Å². The third kappa shape index (κ3) is 6.67. The number of likely N-dealkylation sites (N-methyl/N-ethyl adjacent to an activating group) is 1. The summed E-state index contributed by atoms with van der Waals surface area (Å²) in [6.45, 7) is 2.21. The van der Waals surface area contributed by atoms with Crippen LogP contribution in [0.15, 0.2) is 18.3 Å². The molecule has 178 valence electrons. The zero-order chi connectivity index (χ0) is 22.9. The maximum Gasteiger partial charge on any atom is 0.243 e. The van der Waals surface area contributed by atoms with Gasteiger partial charge in [0.05, 0.1) is 6.04 Å². The second-order valence-corrected chi connectivity index (χ2v) is 9.68. The van der Waals surface area contributed by atoms with Crippen LogP contribution in [0.3, 0.4) is 0 Å². The van der Waals surface area contributed by atoms with Gasteiger partial charge in [-0.1, -0.05) is 70.3 Å². The standard InChI is InChI=1S/C25H41N5O2/c1-17(27-2)24(31)30-23(25(32)29-16-18-13-14-21(26)28-15-18)22(19-9-5-3-6-10-19)20-11-7-4-8-12-20/h13-15,17,19-20,22-23,27H,3-12,16H2,1-2H3,(H2,26,28)(H,29,32)(H,30,31)/t17-,23+/m0/s1. The van der Waals surface area contributed by atoms with E-state index >= 15 is 0 Å². The van der Waals surface area contributed by atoms with E-state index in [0.29, 0.717) is 24.2 Å². The summed E-state index contributed by atoms with van der Waals surface area (Å²) in [7, 11) is 1.77. The van der Waals surface area contributed by atoms with E-state index in [1.165, 1.54) is 38.5 Å². The molecule has 1 aromatic rings. The number of amides is 2. The lowest BCUT2D eigenvalue weighted by molar-refractivity contribution is -0.133. The highest BCUT2D eigenvalue weighted by Gasteiger charge is 2.41. The van der Waals surface area contributed by atoms with E-state index in [0.717, 1.165) is 31.2 Å². The third-order valence-electron chi connectivity index (χ3n) is 7.49. The molecule has 2 saturated carbocycles. The minimum atomic E-state index is -0.508. The minimum Gasteiger partial charge on any atom is -0.384 e. The molecule has 0 saturated heterocycles. The number of pyridine rings is 1. The number of hydrogen-bond donors (Lipinski definition) is 4. The van der Waals surface area contributed by atoms with Gasteiger partial charge in [0.1, 0.15) is 11.9 Å². The first-order valence-electron chi connectivity index (χ1n) is 12.5. The summed E-state index contributed by atoms with van der Waals surface area (Å²) in [6.07, 6.45) is 13.8. The Hall–Kier alpha value is -2.15. The molecule has 3 rings (SSSR count). The van der Waals surface area contributed by atoms with E-state index in [9.17, 15) is 9.59 Å². The van der Waals surface area contributed by atoms with E-state index in [2.05, 4.69) is 20.9 Å². The topological polar surface area (TPSA) is 109 Å². The van der Waals surface area contributed by atoms with Crippen molar-refractivity contribution in [1.29, 1.82) is 0 Å². The molecule has 2 atom stereocenters. The van der Waals surface area contributed by atoms with Gasteiger partial charge in [0.25, 0.3) is 0 Å². The molecule has 0 aromatic carbocycles. The van der Waals surface area contributed by atoms with Gasteiger partial charge in [0.15, 0.2) is 0 Å². The van der Waals surface area contributed by atoms with Crippen molar-refractivity contribution in [3.8, 4) is 0 Å². The van der Waals surface area contributed by atoms with Crippen LogP contribution in [0.5, 0.6) is 0 Å². The number of hydrogen-bond acceptors (Lipinski definition) is 5. The van der Waals surface area contributed by atoms with Crippen LogP contribution in [0, 0.1) is 17.8 Å². The minimum absolute atomic E-state index is 0.0837. The quantitative estimate of drug-likeness (QED) is 0.469. The summed E-state index contributed by atoms with van der Waals surface area (Å²) in [4.78, 5) is 30.6. The number of nitrogens with two attached hydrogens (primary N) is 1. The highest BCUT2D eigenvalue weighted by atomic mass is 16.2. The SMILES string of the molecule is CN[C@@H](C)C(=O)N[C@@H](C(=O)NCc1ccc(N)nc1)C(C1CCCCC1)C1CCCCC1. The van der Waals surface area contributed by atoms with Crippen LogP contribution in [0.2, 0.25) is 0 Å². The molecule has 32 heavy (non-hydrogen) atoms. The molecule has 0 unspecified atom stereocenters. The maximum absolute atomic E-state index is 13.6. The Kier molecular flexibility index (Phi) is 9.33. The van der Waals surface area contributed by atoms with Crippen LogP contribution in [0.25, 0.3) is 0 Å². The van der Waals surface area contributed by atoms with Crippen LogP contribution >= 0.6 is 0 Å². The molecule has 0 radical (unpaired) electrons. The van der Waals surface area contributed by atoms with Crippen LogP contribution in [-0.4, -0.2) is 35.9 Å². The number of carbonyl (C=O) groups excluding carboxylic acids is 2. The average Bonchev–Trinajstić information content (AvgIpc) is 2.83. The Bertz CT molecular complexity index is 708. The van der Waals surface area contributed by atoms with Gasteiger partial charge in [0.2, 0.25) is 11.8 Å². The Labute approximate surface area is 192 Å². The Morgan fingerprint density at radius 3 is 2.09 bits per heavy atom. The van der Waals surface area contributed by atoms with Gasteiger partial charge in [-0.3, -0.25) is 9.59 Å². The van der Waals surface area contributed by atoms with Crippen molar-refractivity contribution in [2.45, 2.75) is 89.8 Å². The van der Waals surface area contributed by atoms with Gasteiger partial charge < -0.3 is 21.7 Å². The van der Waals surface area contributed by atoms with Gasteiger partial charge >= 0.3 is 0 Å². The fraction of sp³-hybridized carbons (Fsp3) is 0.720. The largest absolute Gasteiger partial charge is 0.384 e. The van der Waals surface area contributed by atoms with E-state index in [1.54, 1.807) is 19.3 Å². The number of nitrogen functional groups attached to an aromatic ring is 1. The van der Waals surface area contributed by atoms with Gasteiger partial charge in [-0.15, -0.1) is 0 Å². The summed E-state index contributed by atoms with van der Waals surface area (Å²) in [5, 5.41) is 9.25. The Morgan fingerprint density at radius 2 is 1.59 bits per heavy atom. The first kappa shape index (κ1) is 24.5. The van der Waals surface area contributed by atoms with Crippen molar-refractivity contribution in [1.82, 2.24) is 20.9 Å². The lowest BCUT2D eigenvalue weighted by Crippen LogP contribution is -2.57. The maximum atomic E-state index is 13.6. The normalized spacial score (nSPS) is 20.0. The molecule has 1 heterocycles. The van der Waals surface area contributed by atoms with E-state index in [1.807, 2.05) is 13.0 Å². The number of aromatic nitrogens is 1. The molecule has 0 bridgehead atoms. The van der Waals surface area contributed by atoms with E-state index in [-0.39, 0.29) is 23.8 Å². The van der Waals surface area contributed by atoms with Crippen LogP contribution in [0.1, 0.15) is 76.7 Å². The van der Waals surface area contributed by atoms with Crippen molar-refractivity contribution in [3.63, 3.8) is 0 Å². The summed E-state index contributed by atoms with van der Waals surface area (Å²) >= 11 is 0. The summed E-state index contributed by atoms with van der Waals surface area (Å²) in [5.41, 5.74) is 6.58. The van der Waals surface area contributed by atoms with Gasteiger partial charge in [-0.2, -0.15) is 0 Å². The number of rotatable bonds is 9. The van der Waals surface area contributed by atoms with Crippen LogP contribution < -0.4 is 21.7 Å². The van der Waals surface area contributed by atoms with Crippen molar-refractivity contribution in [2.24, 2.45) is 17.8 Å². The molecule has 7 heteroatoms. The number of nitrogens with one attached hydrogen (secondary N) is 3. The molecule has 2 aliphatic carbocycles. The van der Waals surface area contributed by atoms with Gasteiger partial charge in [-0.05, 0) is 43.4 Å². The highest BCUT2D eigenvalue weighted by Crippen LogP contribution is 2.41. The highest BCUT2D eigenvalue weighted by molar-refractivity contribution is 5.89. The molecule has 0 aliphatic heterocycles. The Morgan fingerprint density at radius 1 is 1.00 bits per heavy atom. The zero-order valence-corrected chi connectivity index (χ0v) is 19.7. The molecular weight excluding hydrogens is 402 g/mol. The lowest BCUT2D eigenvalue weighted by atomic mass is 9.66. The molecule has 7 nitrogen and oxygen atoms in total. The zero-order valence-electron chi connectivity index (χ0n) is 19.7. The van der Waals surface area contributed by atoms with Gasteiger partial charge in [-0.25, -0.2) is 4.98 Å². The third-order valence-corrected chi connectivity index (χ3v) is 7.49. The lowest BCUT2D eigenvalue weighted by Gasteiger charge is -2.42. The summed E-state index contributed by atoms with van der Waals surface area (Å²) in [6, 6.07) is 2.76. The van der Waals surface area contributed by atoms with Crippen molar-refractivity contribution in [3.05, 3.63) is 23.9 Å². The summed E-state index contributed by atoms with van der Waals surface area (Å²) in [5.74, 6) is 1.43. The Balaban J connectivity index is 1.81. The van der Waals surface area contributed by atoms with Crippen molar-refractivity contribution in [2.75, 3.05) is 12.8 Å². The smallest absolute Gasteiger partial charge is 0.243 e. The van der Waals surface area contributed by atoms with Gasteiger partial charge in [0, 0.05) is 12.7 Å². The first-order chi connectivity index (χ1) is 15.5. The second-order valence-electron chi connectivity index (χ2n) is 9.68. The summed E-state index contributed by atoms with van der Waals surface area (Å²) < 4.78 is 0. The molecule has 0 spiro atoms. The predicted molar refractivity (Wildman–Crippen MR) is 128 cm³/mol. The van der Waals surface area contributed by atoms with E-state index < -0.39 is 6.04 Å². The predicted octanol–water partition coefficient (Wildman–Crippen LogP) is 3.15. The van der Waals surface area contributed by atoms with Crippen molar-refractivity contribution < 1.29 is 9.59 Å². The molecule has 2 amide bonds. The molecule has 5 N–H and O–H groups in total. The number of nitrogens with zero attached hydrogens (tertiary/aromatic N) is 1. The molecular formula is C25H41N5O2.